The van der Waals surface area contributed by atoms with Crippen LogP contribution in [0.4, 0.5) is 0 Å². The maximum Gasteiger partial charge on any atom is 0.0281 e. The Bertz CT molecular complexity index is 678. The SMILES string of the molecule is C1=CCC(C2=CCC=C2C2C=Cc3ccccc32)=C1. The molecule has 0 nitrogen and oxygen atoms in total. The Kier molecular flexibility index (Phi) is 2.41. The van der Waals surface area contributed by atoms with Crippen LogP contribution in [0.15, 0.2) is 77.4 Å². The van der Waals surface area contributed by atoms with E-state index in [9.17, 15) is 0 Å². The van der Waals surface area contributed by atoms with Crippen LogP contribution in [0.1, 0.15) is 29.9 Å². The summed E-state index contributed by atoms with van der Waals surface area (Å²) in [6.07, 6.45) is 18.2. The molecule has 0 amide bonds. The molecule has 0 saturated heterocycles. The average Bonchev–Trinajstić information content (AvgIpc) is 3.17. The highest BCUT2D eigenvalue weighted by Crippen LogP contribution is 2.43. The first kappa shape index (κ1) is 10.8. The van der Waals surface area contributed by atoms with E-state index in [0.717, 1.165) is 12.8 Å². The van der Waals surface area contributed by atoms with Crippen molar-refractivity contribution in [3.63, 3.8) is 0 Å². The molecule has 0 fully saturated rings. The third kappa shape index (κ3) is 1.67. The molecule has 0 spiro atoms. The van der Waals surface area contributed by atoms with E-state index in [0.29, 0.717) is 5.92 Å². The highest BCUT2D eigenvalue weighted by atomic mass is 14.3. The molecule has 0 heteroatoms. The average molecular weight is 244 g/mol. The van der Waals surface area contributed by atoms with Crippen LogP contribution >= 0.6 is 0 Å². The molecule has 4 rings (SSSR count). The Morgan fingerprint density at radius 1 is 1.05 bits per heavy atom. The fourth-order valence-electron chi connectivity index (χ4n) is 3.31. The molecule has 0 N–H and O–H groups in total. The molecule has 0 aromatic heterocycles. The summed E-state index contributed by atoms with van der Waals surface area (Å²) in [6.45, 7) is 0. The maximum atomic E-state index is 2.39. The quantitative estimate of drug-likeness (QED) is 0.691. The van der Waals surface area contributed by atoms with Crippen molar-refractivity contribution in [2.24, 2.45) is 0 Å². The molecule has 1 aromatic carbocycles. The molecule has 0 bridgehead atoms. The summed E-state index contributed by atoms with van der Waals surface area (Å²) in [6, 6.07) is 8.74. The van der Waals surface area contributed by atoms with E-state index < -0.39 is 0 Å². The fourth-order valence-corrected chi connectivity index (χ4v) is 3.31. The molecule has 19 heavy (non-hydrogen) atoms. The Morgan fingerprint density at radius 3 is 2.89 bits per heavy atom. The van der Waals surface area contributed by atoms with Crippen molar-refractivity contribution >= 4 is 6.08 Å². The van der Waals surface area contributed by atoms with Gasteiger partial charge in [0.25, 0.3) is 0 Å². The zero-order valence-electron chi connectivity index (χ0n) is 10.8. The summed E-state index contributed by atoms with van der Waals surface area (Å²) >= 11 is 0. The van der Waals surface area contributed by atoms with Crippen molar-refractivity contribution in [2.75, 3.05) is 0 Å². The summed E-state index contributed by atoms with van der Waals surface area (Å²) in [5.41, 5.74) is 7.26. The summed E-state index contributed by atoms with van der Waals surface area (Å²) in [5, 5.41) is 0. The van der Waals surface area contributed by atoms with E-state index in [2.05, 4.69) is 66.8 Å². The van der Waals surface area contributed by atoms with Gasteiger partial charge in [0, 0.05) is 5.92 Å². The van der Waals surface area contributed by atoms with Crippen LogP contribution in [-0.4, -0.2) is 0 Å². The van der Waals surface area contributed by atoms with Gasteiger partial charge in [-0.25, -0.2) is 0 Å². The van der Waals surface area contributed by atoms with Gasteiger partial charge in [-0.1, -0.05) is 66.8 Å². The zero-order chi connectivity index (χ0) is 12.7. The molecule has 0 aliphatic heterocycles. The van der Waals surface area contributed by atoms with Gasteiger partial charge in [0.05, 0.1) is 0 Å². The standard InChI is InChI=1S/C19H16/c1-2-7-14(6-1)17-10-5-11-18(17)19-13-12-15-8-3-4-9-16(15)19/h1-4,6,8-13,19H,5,7H2. The van der Waals surface area contributed by atoms with Gasteiger partial charge in [-0.2, -0.15) is 0 Å². The molecular formula is C19H16. The molecule has 1 unspecified atom stereocenters. The number of rotatable bonds is 2. The lowest BCUT2D eigenvalue weighted by Crippen LogP contribution is -2.00. The van der Waals surface area contributed by atoms with E-state index in [1.54, 1.807) is 0 Å². The molecule has 0 heterocycles. The minimum atomic E-state index is 0.450. The molecule has 3 aliphatic carbocycles. The first-order valence-electron chi connectivity index (χ1n) is 6.97. The molecule has 0 radical (unpaired) electrons. The predicted molar refractivity (Wildman–Crippen MR) is 80.8 cm³/mol. The van der Waals surface area contributed by atoms with E-state index in [1.165, 1.54) is 27.8 Å². The first-order valence-corrected chi connectivity index (χ1v) is 6.97. The van der Waals surface area contributed by atoms with Crippen molar-refractivity contribution in [1.29, 1.82) is 0 Å². The van der Waals surface area contributed by atoms with E-state index in [-0.39, 0.29) is 0 Å². The largest absolute Gasteiger partial charge is 0.0801 e. The highest BCUT2D eigenvalue weighted by molar-refractivity contribution is 5.69. The molecule has 92 valence electrons. The van der Waals surface area contributed by atoms with Crippen molar-refractivity contribution in [3.05, 3.63) is 88.6 Å². The summed E-state index contributed by atoms with van der Waals surface area (Å²) in [5.74, 6) is 0.450. The van der Waals surface area contributed by atoms with Gasteiger partial charge in [0.1, 0.15) is 0 Å². The van der Waals surface area contributed by atoms with Gasteiger partial charge in [-0.15, -0.1) is 0 Å². The molecule has 1 atom stereocenters. The summed E-state index contributed by atoms with van der Waals surface area (Å²) in [4.78, 5) is 0. The second-order valence-electron chi connectivity index (χ2n) is 5.30. The van der Waals surface area contributed by atoms with E-state index >= 15 is 0 Å². The number of allylic oxidation sites excluding steroid dienone is 9. The van der Waals surface area contributed by atoms with Crippen LogP contribution in [0.3, 0.4) is 0 Å². The Balaban J connectivity index is 1.71. The van der Waals surface area contributed by atoms with Gasteiger partial charge in [-0.05, 0) is 40.7 Å². The topological polar surface area (TPSA) is 0 Å². The van der Waals surface area contributed by atoms with Crippen molar-refractivity contribution < 1.29 is 0 Å². The van der Waals surface area contributed by atoms with Crippen LogP contribution < -0.4 is 0 Å². The summed E-state index contributed by atoms with van der Waals surface area (Å²) < 4.78 is 0. The third-order valence-corrected chi connectivity index (χ3v) is 4.22. The van der Waals surface area contributed by atoms with Crippen LogP contribution in [0.2, 0.25) is 0 Å². The van der Waals surface area contributed by atoms with Gasteiger partial charge in [-0.3, -0.25) is 0 Å². The van der Waals surface area contributed by atoms with Crippen LogP contribution in [0.5, 0.6) is 0 Å². The minimum Gasteiger partial charge on any atom is -0.0801 e. The lowest BCUT2D eigenvalue weighted by Gasteiger charge is -2.17. The monoisotopic (exact) mass is 244 g/mol. The number of benzene rings is 1. The van der Waals surface area contributed by atoms with Crippen LogP contribution in [0, 0.1) is 0 Å². The molecule has 3 aliphatic rings. The summed E-state index contributed by atoms with van der Waals surface area (Å²) in [7, 11) is 0. The van der Waals surface area contributed by atoms with Crippen molar-refractivity contribution in [1.82, 2.24) is 0 Å². The Labute approximate surface area is 114 Å². The van der Waals surface area contributed by atoms with E-state index in [4.69, 9.17) is 0 Å². The molecule has 0 saturated carbocycles. The highest BCUT2D eigenvalue weighted by Gasteiger charge is 2.26. The maximum absolute atomic E-state index is 2.39. The smallest absolute Gasteiger partial charge is 0.0281 e. The molecule has 1 aromatic rings. The lowest BCUT2D eigenvalue weighted by atomic mass is 9.86. The zero-order valence-corrected chi connectivity index (χ0v) is 10.8. The predicted octanol–water partition coefficient (Wildman–Crippen LogP) is 4.94. The van der Waals surface area contributed by atoms with E-state index in [1.807, 2.05) is 0 Å². The number of hydrogen-bond acceptors (Lipinski definition) is 0. The third-order valence-electron chi connectivity index (χ3n) is 4.22. The van der Waals surface area contributed by atoms with Gasteiger partial charge in [0.15, 0.2) is 0 Å². The number of fused-ring (bicyclic) bond motifs is 1. The minimum absolute atomic E-state index is 0.450. The van der Waals surface area contributed by atoms with Crippen molar-refractivity contribution in [2.45, 2.75) is 18.8 Å². The second kappa shape index (κ2) is 4.24. The van der Waals surface area contributed by atoms with Crippen LogP contribution in [-0.2, 0) is 0 Å². The second-order valence-corrected chi connectivity index (χ2v) is 5.30. The van der Waals surface area contributed by atoms with Crippen molar-refractivity contribution in [3.8, 4) is 0 Å². The van der Waals surface area contributed by atoms with Gasteiger partial charge < -0.3 is 0 Å². The Hall–Kier alpha value is -2.08. The Morgan fingerprint density at radius 2 is 2.00 bits per heavy atom. The first-order chi connectivity index (χ1) is 9.43. The van der Waals surface area contributed by atoms with Gasteiger partial charge in [0.2, 0.25) is 0 Å². The fraction of sp³-hybridized carbons (Fsp3) is 0.158. The van der Waals surface area contributed by atoms with Gasteiger partial charge >= 0.3 is 0 Å². The molecular weight excluding hydrogens is 228 g/mol. The van der Waals surface area contributed by atoms with Crippen LogP contribution in [0.25, 0.3) is 6.08 Å². The number of hydrogen-bond donors (Lipinski definition) is 0. The lowest BCUT2D eigenvalue weighted by molar-refractivity contribution is 1.02. The normalized spacial score (nSPS) is 23.4.